The standard InChI is InChI=1S/C20H19N5O3/c1-2-28-19(27)15-3-5-16(6-4-15)24-20-22-12-9-17(25-20)18(26)23-13-14-7-10-21-11-8-14/h3-12H,2,13H2,1H3,(H,23,26)(H,22,24,25). The van der Waals surface area contributed by atoms with Gasteiger partial charge in [0, 0.05) is 30.8 Å². The number of nitrogens with one attached hydrogen (secondary N) is 2. The number of ether oxygens (including phenoxy) is 1. The molecule has 0 atom stereocenters. The number of rotatable bonds is 7. The molecule has 2 heterocycles. The van der Waals surface area contributed by atoms with Crippen LogP contribution >= 0.6 is 0 Å². The number of aromatic nitrogens is 3. The van der Waals surface area contributed by atoms with Crippen molar-refractivity contribution in [3.05, 3.63) is 77.9 Å². The number of hydrogen-bond donors (Lipinski definition) is 2. The maximum Gasteiger partial charge on any atom is 0.338 e. The average Bonchev–Trinajstić information content (AvgIpc) is 2.73. The minimum atomic E-state index is -0.377. The van der Waals surface area contributed by atoms with Gasteiger partial charge in [-0.05, 0) is 55.0 Å². The Labute approximate surface area is 162 Å². The Kier molecular flexibility index (Phi) is 6.25. The summed E-state index contributed by atoms with van der Waals surface area (Å²) in [5.74, 6) is -0.404. The molecule has 0 aliphatic carbocycles. The topological polar surface area (TPSA) is 106 Å². The van der Waals surface area contributed by atoms with Gasteiger partial charge in [0.2, 0.25) is 5.95 Å². The van der Waals surface area contributed by atoms with Crippen LogP contribution in [-0.4, -0.2) is 33.4 Å². The maximum atomic E-state index is 12.3. The number of amides is 1. The van der Waals surface area contributed by atoms with Crippen molar-refractivity contribution in [2.45, 2.75) is 13.5 Å². The van der Waals surface area contributed by atoms with E-state index in [1.54, 1.807) is 43.6 Å². The molecule has 28 heavy (non-hydrogen) atoms. The fraction of sp³-hybridized carbons (Fsp3) is 0.150. The van der Waals surface area contributed by atoms with E-state index in [-0.39, 0.29) is 23.5 Å². The smallest absolute Gasteiger partial charge is 0.338 e. The Bertz CT molecular complexity index is 946. The van der Waals surface area contributed by atoms with Gasteiger partial charge in [-0.15, -0.1) is 0 Å². The first kappa shape index (κ1) is 19.0. The van der Waals surface area contributed by atoms with Gasteiger partial charge in [-0.3, -0.25) is 9.78 Å². The van der Waals surface area contributed by atoms with Crippen molar-refractivity contribution in [2.75, 3.05) is 11.9 Å². The van der Waals surface area contributed by atoms with E-state index in [1.807, 2.05) is 12.1 Å². The molecule has 8 heteroatoms. The second-order valence-electron chi connectivity index (χ2n) is 5.73. The minimum Gasteiger partial charge on any atom is -0.462 e. The molecule has 0 radical (unpaired) electrons. The summed E-state index contributed by atoms with van der Waals surface area (Å²) < 4.78 is 4.95. The zero-order chi connectivity index (χ0) is 19.8. The van der Waals surface area contributed by atoms with E-state index < -0.39 is 0 Å². The molecule has 0 aliphatic heterocycles. The van der Waals surface area contributed by atoms with Gasteiger partial charge in [-0.1, -0.05) is 0 Å². The van der Waals surface area contributed by atoms with Crippen molar-refractivity contribution in [2.24, 2.45) is 0 Å². The number of benzene rings is 1. The van der Waals surface area contributed by atoms with Gasteiger partial charge in [0.25, 0.3) is 5.91 Å². The molecule has 2 N–H and O–H groups in total. The highest BCUT2D eigenvalue weighted by Crippen LogP contribution is 2.15. The number of esters is 1. The molecular formula is C20H19N5O3. The highest BCUT2D eigenvalue weighted by Gasteiger charge is 2.10. The third kappa shape index (κ3) is 5.10. The molecule has 3 aromatic rings. The van der Waals surface area contributed by atoms with Gasteiger partial charge in [-0.2, -0.15) is 0 Å². The predicted octanol–water partition coefficient (Wildman–Crippen LogP) is 2.72. The van der Waals surface area contributed by atoms with Crippen molar-refractivity contribution < 1.29 is 14.3 Å². The van der Waals surface area contributed by atoms with E-state index >= 15 is 0 Å². The Morgan fingerprint density at radius 2 is 1.75 bits per heavy atom. The van der Waals surface area contributed by atoms with Crippen LogP contribution in [0.25, 0.3) is 0 Å². The zero-order valence-corrected chi connectivity index (χ0v) is 15.3. The van der Waals surface area contributed by atoms with E-state index in [1.165, 1.54) is 12.3 Å². The Balaban J connectivity index is 1.62. The van der Waals surface area contributed by atoms with E-state index in [9.17, 15) is 9.59 Å². The van der Waals surface area contributed by atoms with E-state index in [0.717, 1.165) is 5.56 Å². The summed E-state index contributed by atoms with van der Waals surface area (Å²) in [4.78, 5) is 36.3. The van der Waals surface area contributed by atoms with E-state index in [4.69, 9.17) is 4.74 Å². The van der Waals surface area contributed by atoms with Crippen molar-refractivity contribution >= 4 is 23.5 Å². The fourth-order valence-electron chi connectivity index (χ4n) is 2.35. The summed E-state index contributed by atoms with van der Waals surface area (Å²) in [6, 6.07) is 11.9. The molecule has 8 nitrogen and oxygen atoms in total. The van der Waals surface area contributed by atoms with Gasteiger partial charge in [0.15, 0.2) is 0 Å². The SMILES string of the molecule is CCOC(=O)c1ccc(Nc2nccc(C(=O)NCc3ccncc3)n2)cc1. The molecule has 0 saturated carbocycles. The lowest BCUT2D eigenvalue weighted by atomic mass is 10.2. The predicted molar refractivity (Wildman–Crippen MR) is 103 cm³/mol. The van der Waals surface area contributed by atoms with Gasteiger partial charge in [0.05, 0.1) is 12.2 Å². The van der Waals surface area contributed by atoms with E-state index in [0.29, 0.717) is 24.4 Å². The number of carbonyl (C=O) groups is 2. The minimum absolute atomic E-state index is 0.245. The van der Waals surface area contributed by atoms with Gasteiger partial charge in [-0.25, -0.2) is 14.8 Å². The Morgan fingerprint density at radius 3 is 2.46 bits per heavy atom. The van der Waals surface area contributed by atoms with Crippen LogP contribution in [0.2, 0.25) is 0 Å². The molecule has 0 fully saturated rings. The number of nitrogens with zero attached hydrogens (tertiary/aromatic N) is 3. The molecule has 0 bridgehead atoms. The molecule has 0 unspecified atom stereocenters. The van der Waals surface area contributed by atoms with Crippen LogP contribution in [-0.2, 0) is 11.3 Å². The van der Waals surface area contributed by atoms with Crippen LogP contribution in [0.5, 0.6) is 0 Å². The lowest BCUT2D eigenvalue weighted by Crippen LogP contribution is -2.24. The van der Waals surface area contributed by atoms with Crippen LogP contribution in [0, 0.1) is 0 Å². The number of hydrogen-bond acceptors (Lipinski definition) is 7. The van der Waals surface area contributed by atoms with E-state index in [2.05, 4.69) is 25.6 Å². The zero-order valence-electron chi connectivity index (χ0n) is 15.3. The third-order valence-electron chi connectivity index (χ3n) is 3.74. The number of carbonyl (C=O) groups excluding carboxylic acids is 2. The van der Waals surface area contributed by atoms with Gasteiger partial charge in [0.1, 0.15) is 5.69 Å². The van der Waals surface area contributed by atoms with Crippen molar-refractivity contribution in [3.63, 3.8) is 0 Å². The molecule has 1 aromatic carbocycles. The highest BCUT2D eigenvalue weighted by molar-refractivity contribution is 5.92. The number of anilines is 2. The van der Waals surface area contributed by atoms with Crippen LogP contribution in [0.4, 0.5) is 11.6 Å². The summed E-state index contributed by atoms with van der Waals surface area (Å²) in [6.07, 6.45) is 4.84. The average molecular weight is 377 g/mol. The Hall–Kier alpha value is -3.81. The lowest BCUT2D eigenvalue weighted by molar-refractivity contribution is 0.0526. The summed E-state index contributed by atoms with van der Waals surface area (Å²) in [5, 5.41) is 5.81. The quantitative estimate of drug-likeness (QED) is 0.610. The molecule has 0 saturated heterocycles. The largest absolute Gasteiger partial charge is 0.462 e. The highest BCUT2D eigenvalue weighted by atomic mass is 16.5. The molecule has 2 aromatic heterocycles. The van der Waals surface area contributed by atoms with Crippen LogP contribution in [0.1, 0.15) is 33.3 Å². The first-order chi connectivity index (χ1) is 13.7. The molecule has 1 amide bonds. The second-order valence-corrected chi connectivity index (χ2v) is 5.73. The van der Waals surface area contributed by atoms with Crippen molar-refractivity contribution in [3.8, 4) is 0 Å². The van der Waals surface area contributed by atoms with Crippen LogP contribution in [0.3, 0.4) is 0 Å². The second kappa shape index (κ2) is 9.22. The fourth-order valence-corrected chi connectivity index (χ4v) is 2.35. The monoisotopic (exact) mass is 377 g/mol. The molecule has 142 valence electrons. The number of pyridine rings is 1. The summed E-state index contributed by atoms with van der Waals surface area (Å²) in [6.45, 7) is 2.46. The summed E-state index contributed by atoms with van der Waals surface area (Å²) in [5.41, 5.74) is 2.33. The first-order valence-corrected chi connectivity index (χ1v) is 8.70. The summed E-state index contributed by atoms with van der Waals surface area (Å²) in [7, 11) is 0. The maximum absolute atomic E-state index is 12.3. The van der Waals surface area contributed by atoms with Crippen molar-refractivity contribution in [1.82, 2.24) is 20.3 Å². The lowest BCUT2D eigenvalue weighted by Gasteiger charge is -2.08. The normalized spacial score (nSPS) is 10.2. The van der Waals surface area contributed by atoms with Crippen LogP contribution in [0.15, 0.2) is 61.1 Å². The van der Waals surface area contributed by atoms with Gasteiger partial charge < -0.3 is 15.4 Å². The Morgan fingerprint density at radius 1 is 1.00 bits per heavy atom. The third-order valence-corrected chi connectivity index (χ3v) is 3.74. The van der Waals surface area contributed by atoms with Crippen molar-refractivity contribution in [1.29, 1.82) is 0 Å². The summed E-state index contributed by atoms with van der Waals surface area (Å²) >= 11 is 0. The van der Waals surface area contributed by atoms with Crippen LogP contribution < -0.4 is 10.6 Å². The molecular weight excluding hydrogens is 358 g/mol. The molecule has 0 spiro atoms. The first-order valence-electron chi connectivity index (χ1n) is 8.70. The molecule has 3 rings (SSSR count). The van der Waals surface area contributed by atoms with Gasteiger partial charge >= 0.3 is 5.97 Å². The molecule has 0 aliphatic rings.